The molecular formula is C16H19N5O7. The number of nitrogens with zero attached hydrogens (tertiary/aromatic N) is 4. The molecule has 0 amide bonds. The van der Waals surface area contributed by atoms with Crippen LogP contribution in [0.4, 0.5) is 5.82 Å². The van der Waals surface area contributed by atoms with Gasteiger partial charge in [0.05, 0.1) is 6.33 Å². The van der Waals surface area contributed by atoms with Gasteiger partial charge in [-0.3, -0.25) is 19.0 Å². The number of rotatable bonds is 5. The molecule has 3 unspecified atom stereocenters. The van der Waals surface area contributed by atoms with Gasteiger partial charge in [0, 0.05) is 20.8 Å². The van der Waals surface area contributed by atoms with Crippen molar-refractivity contribution < 1.29 is 33.3 Å². The van der Waals surface area contributed by atoms with E-state index in [9.17, 15) is 14.4 Å². The van der Waals surface area contributed by atoms with Gasteiger partial charge >= 0.3 is 17.9 Å². The van der Waals surface area contributed by atoms with Crippen LogP contribution in [-0.2, 0) is 33.3 Å². The first-order valence-corrected chi connectivity index (χ1v) is 8.34. The van der Waals surface area contributed by atoms with Crippen LogP contribution in [0.15, 0.2) is 12.7 Å². The van der Waals surface area contributed by atoms with Crippen molar-refractivity contribution in [2.45, 2.75) is 45.3 Å². The van der Waals surface area contributed by atoms with E-state index in [1.807, 2.05) is 0 Å². The molecule has 0 saturated carbocycles. The van der Waals surface area contributed by atoms with Crippen molar-refractivity contribution in [3.05, 3.63) is 12.7 Å². The molecule has 2 N–H and O–H groups in total. The van der Waals surface area contributed by atoms with Crippen LogP contribution in [0.3, 0.4) is 0 Å². The SMILES string of the molecule is CC(=O)OCC1OC(n2cnc3c(N)ncnc32)[C@@H](OC(C)=O)C1OC(C)=O. The van der Waals surface area contributed by atoms with Crippen molar-refractivity contribution in [1.82, 2.24) is 19.5 Å². The average molecular weight is 393 g/mol. The van der Waals surface area contributed by atoms with Gasteiger partial charge in [0.2, 0.25) is 0 Å². The van der Waals surface area contributed by atoms with E-state index in [0.29, 0.717) is 11.2 Å². The summed E-state index contributed by atoms with van der Waals surface area (Å²) in [6.45, 7) is 3.46. The van der Waals surface area contributed by atoms with Gasteiger partial charge in [-0.25, -0.2) is 15.0 Å². The third-order valence-electron chi connectivity index (χ3n) is 4.00. The molecule has 0 spiro atoms. The lowest BCUT2D eigenvalue weighted by atomic mass is 10.1. The number of carbonyl (C=O) groups is 3. The zero-order valence-corrected chi connectivity index (χ0v) is 15.4. The molecule has 0 radical (unpaired) electrons. The Labute approximate surface area is 158 Å². The zero-order chi connectivity index (χ0) is 20.4. The van der Waals surface area contributed by atoms with Crippen LogP contribution in [0.5, 0.6) is 0 Å². The van der Waals surface area contributed by atoms with Crippen molar-refractivity contribution in [3.8, 4) is 0 Å². The van der Waals surface area contributed by atoms with Gasteiger partial charge in [-0.15, -0.1) is 0 Å². The van der Waals surface area contributed by atoms with Crippen LogP contribution in [-0.4, -0.2) is 62.3 Å². The molecule has 0 aromatic carbocycles. The highest BCUT2D eigenvalue weighted by molar-refractivity contribution is 5.81. The number of fused-ring (bicyclic) bond motifs is 1. The van der Waals surface area contributed by atoms with Gasteiger partial charge in [0.15, 0.2) is 29.9 Å². The standard InChI is InChI=1S/C16H19N5O7/c1-7(22)25-4-10-12(26-8(2)23)13(27-9(3)24)16(28-10)21-6-20-11-14(17)18-5-19-15(11)21/h5-6,10,12-13,16H,4H2,1-3H3,(H2,17,18,19)/t10?,12?,13-,16?/m0/s1. The highest BCUT2D eigenvalue weighted by Crippen LogP contribution is 2.36. The lowest BCUT2D eigenvalue weighted by molar-refractivity contribution is -0.166. The maximum Gasteiger partial charge on any atom is 0.303 e. The first-order valence-electron chi connectivity index (χ1n) is 8.34. The number of esters is 3. The van der Waals surface area contributed by atoms with E-state index in [1.54, 1.807) is 0 Å². The number of aromatic nitrogens is 4. The van der Waals surface area contributed by atoms with Crippen molar-refractivity contribution in [3.63, 3.8) is 0 Å². The Hall–Kier alpha value is -3.28. The number of nitrogen functional groups attached to an aromatic ring is 1. The van der Waals surface area contributed by atoms with Crippen LogP contribution in [0.2, 0.25) is 0 Å². The molecule has 0 bridgehead atoms. The number of imidazole rings is 1. The lowest BCUT2D eigenvalue weighted by Crippen LogP contribution is -2.40. The largest absolute Gasteiger partial charge is 0.463 e. The summed E-state index contributed by atoms with van der Waals surface area (Å²) in [4.78, 5) is 46.6. The van der Waals surface area contributed by atoms with Crippen LogP contribution in [0, 0.1) is 0 Å². The first-order chi connectivity index (χ1) is 13.3. The van der Waals surface area contributed by atoms with Gasteiger partial charge in [-0.05, 0) is 0 Å². The van der Waals surface area contributed by atoms with Crippen molar-refractivity contribution in [2.75, 3.05) is 12.3 Å². The minimum atomic E-state index is -1.03. The quantitative estimate of drug-likeness (QED) is 0.526. The molecular weight excluding hydrogens is 374 g/mol. The van der Waals surface area contributed by atoms with Crippen LogP contribution >= 0.6 is 0 Å². The Morgan fingerprint density at radius 3 is 2.39 bits per heavy atom. The van der Waals surface area contributed by atoms with E-state index >= 15 is 0 Å². The zero-order valence-electron chi connectivity index (χ0n) is 15.4. The molecule has 150 valence electrons. The number of hydrogen-bond donors (Lipinski definition) is 1. The molecule has 3 rings (SSSR count). The fraction of sp³-hybridized carbons (Fsp3) is 0.500. The van der Waals surface area contributed by atoms with Crippen molar-refractivity contribution >= 4 is 34.9 Å². The van der Waals surface area contributed by atoms with Gasteiger partial charge < -0.3 is 24.7 Å². The number of ether oxygens (including phenoxy) is 4. The second-order valence-corrected chi connectivity index (χ2v) is 6.10. The topological polar surface area (TPSA) is 158 Å². The predicted octanol–water partition coefficient (Wildman–Crippen LogP) is -0.268. The summed E-state index contributed by atoms with van der Waals surface area (Å²) < 4.78 is 23.1. The molecule has 4 atom stereocenters. The molecule has 2 aromatic rings. The Balaban J connectivity index is 2.01. The molecule has 1 fully saturated rings. The Morgan fingerprint density at radius 2 is 1.75 bits per heavy atom. The molecule has 28 heavy (non-hydrogen) atoms. The fourth-order valence-corrected chi connectivity index (χ4v) is 2.97. The molecule has 3 heterocycles. The number of anilines is 1. The lowest BCUT2D eigenvalue weighted by Gasteiger charge is -2.23. The van der Waals surface area contributed by atoms with E-state index in [1.165, 1.54) is 38.0 Å². The van der Waals surface area contributed by atoms with E-state index in [4.69, 9.17) is 24.7 Å². The Kier molecular flexibility index (Phi) is 5.40. The van der Waals surface area contributed by atoms with Gasteiger partial charge in [-0.2, -0.15) is 0 Å². The smallest absolute Gasteiger partial charge is 0.303 e. The maximum atomic E-state index is 11.7. The molecule has 1 saturated heterocycles. The van der Waals surface area contributed by atoms with Gasteiger partial charge in [-0.1, -0.05) is 0 Å². The monoisotopic (exact) mass is 393 g/mol. The predicted molar refractivity (Wildman–Crippen MR) is 91.4 cm³/mol. The molecule has 12 heteroatoms. The second kappa shape index (κ2) is 7.76. The maximum absolute atomic E-state index is 11.7. The summed E-state index contributed by atoms with van der Waals surface area (Å²) in [6.07, 6.45) is -1.22. The van der Waals surface area contributed by atoms with Crippen LogP contribution in [0.25, 0.3) is 11.2 Å². The number of nitrogens with two attached hydrogens (primary N) is 1. The van der Waals surface area contributed by atoms with E-state index < -0.39 is 42.4 Å². The Morgan fingerprint density at radius 1 is 1.07 bits per heavy atom. The van der Waals surface area contributed by atoms with Crippen molar-refractivity contribution in [1.29, 1.82) is 0 Å². The second-order valence-electron chi connectivity index (χ2n) is 6.10. The van der Waals surface area contributed by atoms with Gasteiger partial charge in [0.1, 0.15) is 24.6 Å². The minimum Gasteiger partial charge on any atom is -0.463 e. The number of carbonyl (C=O) groups excluding carboxylic acids is 3. The summed E-state index contributed by atoms with van der Waals surface area (Å²) in [6, 6.07) is 0. The minimum absolute atomic E-state index is 0.166. The third-order valence-corrected chi connectivity index (χ3v) is 4.00. The average Bonchev–Trinajstić information content (AvgIpc) is 3.16. The van der Waals surface area contributed by atoms with E-state index in [-0.39, 0.29) is 12.4 Å². The highest BCUT2D eigenvalue weighted by Gasteiger charge is 2.51. The van der Waals surface area contributed by atoms with Crippen molar-refractivity contribution in [2.24, 2.45) is 0 Å². The van der Waals surface area contributed by atoms with Crippen LogP contribution < -0.4 is 5.73 Å². The van der Waals surface area contributed by atoms with E-state index in [2.05, 4.69) is 15.0 Å². The first kappa shape index (κ1) is 19.5. The summed E-state index contributed by atoms with van der Waals surface area (Å²) in [5, 5.41) is 0. The molecule has 2 aromatic heterocycles. The molecule has 1 aliphatic rings. The normalized spacial score (nSPS) is 24.1. The summed E-state index contributed by atoms with van der Waals surface area (Å²) in [7, 11) is 0. The van der Waals surface area contributed by atoms with Gasteiger partial charge in [0.25, 0.3) is 0 Å². The summed E-state index contributed by atoms with van der Waals surface area (Å²) >= 11 is 0. The summed E-state index contributed by atoms with van der Waals surface area (Å²) in [5.74, 6) is -1.59. The highest BCUT2D eigenvalue weighted by atomic mass is 16.7. The molecule has 1 aliphatic heterocycles. The third kappa shape index (κ3) is 3.86. The molecule has 12 nitrogen and oxygen atoms in total. The fourth-order valence-electron chi connectivity index (χ4n) is 2.97. The number of hydrogen-bond acceptors (Lipinski definition) is 11. The molecule has 0 aliphatic carbocycles. The van der Waals surface area contributed by atoms with E-state index in [0.717, 1.165) is 0 Å². The Bertz CT molecular complexity index is 914. The van der Waals surface area contributed by atoms with Crippen LogP contribution in [0.1, 0.15) is 27.0 Å². The summed E-state index contributed by atoms with van der Waals surface area (Å²) in [5.41, 5.74) is 6.48.